The van der Waals surface area contributed by atoms with Crippen molar-refractivity contribution < 1.29 is 27.8 Å². The molecule has 31 heavy (non-hydrogen) atoms. The lowest BCUT2D eigenvalue weighted by Crippen LogP contribution is -2.32. The Labute approximate surface area is 183 Å². The molecule has 1 aliphatic heterocycles. The molecule has 4 rings (SSSR count). The van der Waals surface area contributed by atoms with Crippen molar-refractivity contribution in [2.45, 2.75) is 45.5 Å². The molecule has 1 aliphatic carbocycles. The van der Waals surface area contributed by atoms with E-state index in [2.05, 4.69) is 32.4 Å². The van der Waals surface area contributed by atoms with Gasteiger partial charge in [-0.1, -0.05) is 12.5 Å². The van der Waals surface area contributed by atoms with Gasteiger partial charge < -0.3 is 9.84 Å². The first kappa shape index (κ1) is 23.6. The van der Waals surface area contributed by atoms with Crippen LogP contribution in [0.3, 0.4) is 0 Å². The number of ether oxygens (including phenoxy) is 1. The minimum absolute atomic E-state index is 0.347. The lowest BCUT2D eigenvalue weighted by atomic mass is 9.81. The minimum Gasteiger partial charge on any atom is -0.475 e. The van der Waals surface area contributed by atoms with Crippen molar-refractivity contribution in [1.82, 2.24) is 14.9 Å². The van der Waals surface area contributed by atoms with Gasteiger partial charge in [-0.15, -0.1) is 11.3 Å². The van der Waals surface area contributed by atoms with Crippen molar-refractivity contribution in [1.29, 1.82) is 0 Å². The maximum atomic E-state index is 10.6. The molecule has 2 aromatic rings. The first-order valence-corrected chi connectivity index (χ1v) is 11.0. The van der Waals surface area contributed by atoms with Crippen molar-refractivity contribution >= 4 is 17.3 Å². The number of alkyl halides is 3. The Hall–Kier alpha value is -2.04. The van der Waals surface area contributed by atoms with Gasteiger partial charge in [-0.3, -0.25) is 9.88 Å². The normalized spacial score (nSPS) is 23.3. The number of rotatable bonds is 6. The second-order valence-electron chi connectivity index (χ2n) is 8.10. The maximum Gasteiger partial charge on any atom is 0.490 e. The van der Waals surface area contributed by atoms with Gasteiger partial charge in [0.1, 0.15) is 0 Å². The molecule has 2 atom stereocenters. The van der Waals surface area contributed by atoms with E-state index >= 15 is 0 Å². The van der Waals surface area contributed by atoms with E-state index in [9.17, 15) is 13.2 Å². The highest BCUT2D eigenvalue weighted by atomic mass is 32.1. The van der Waals surface area contributed by atoms with Crippen LogP contribution in [0.15, 0.2) is 29.8 Å². The molecular weight excluding hydrogens is 431 g/mol. The molecule has 0 radical (unpaired) electrons. The fourth-order valence-electron chi connectivity index (χ4n) is 4.44. The Kier molecular flexibility index (Phi) is 7.66. The summed E-state index contributed by atoms with van der Waals surface area (Å²) in [5.41, 5.74) is 2.60. The van der Waals surface area contributed by atoms with Crippen molar-refractivity contribution in [2.75, 3.05) is 19.7 Å². The van der Waals surface area contributed by atoms with Crippen LogP contribution in [-0.2, 0) is 22.7 Å². The molecule has 1 N–H and O–H groups in total. The predicted molar refractivity (Wildman–Crippen MR) is 109 cm³/mol. The fraction of sp³-hybridized carbons (Fsp3) is 0.571. The Morgan fingerprint density at radius 2 is 2.16 bits per heavy atom. The molecule has 0 bridgehead atoms. The van der Waals surface area contributed by atoms with Gasteiger partial charge in [-0.2, -0.15) is 13.2 Å². The van der Waals surface area contributed by atoms with Gasteiger partial charge in [0.2, 0.25) is 0 Å². The number of carboxylic acids is 1. The van der Waals surface area contributed by atoms with Crippen molar-refractivity contribution in [2.24, 2.45) is 11.3 Å². The monoisotopic (exact) mass is 457 g/mol. The van der Waals surface area contributed by atoms with E-state index in [1.165, 1.54) is 31.5 Å². The quantitative estimate of drug-likeness (QED) is 0.697. The number of nitrogens with zero attached hydrogens (tertiary/aromatic N) is 3. The van der Waals surface area contributed by atoms with Crippen molar-refractivity contribution in [3.8, 4) is 0 Å². The van der Waals surface area contributed by atoms with Gasteiger partial charge in [-0.25, -0.2) is 9.78 Å². The number of hydrogen-bond donors (Lipinski definition) is 1. The van der Waals surface area contributed by atoms with E-state index in [1.807, 2.05) is 19.2 Å². The summed E-state index contributed by atoms with van der Waals surface area (Å²) in [4.78, 5) is 20.5. The van der Waals surface area contributed by atoms with Crippen LogP contribution in [0.1, 0.15) is 35.7 Å². The molecule has 1 saturated heterocycles. The van der Waals surface area contributed by atoms with Crippen LogP contribution >= 0.6 is 11.3 Å². The number of aliphatic carboxylic acids is 1. The second kappa shape index (κ2) is 10.1. The SMILES string of the molecule is Cc1nc(COC[C@@]23CCC[C@@H]2CN(Cc2ccccn2)C3)cs1.O=C(O)C(F)(F)F. The molecule has 2 aromatic heterocycles. The van der Waals surface area contributed by atoms with Gasteiger partial charge in [0.25, 0.3) is 0 Å². The smallest absolute Gasteiger partial charge is 0.475 e. The third-order valence-corrected chi connectivity index (χ3v) is 6.59. The number of likely N-dealkylation sites (tertiary alicyclic amines) is 1. The molecule has 0 aromatic carbocycles. The summed E-state index contributed by atoms with van der Waals surface area (Å²) in [6.07, 6.45) is 0.798. The summed E-state index contributed by atoms with van der Waals surface area (Å²) in [6, 6.07) is 6.19. The molecule has 3 heterocycles. The van der Waals surface area contributed by atoms with Crippen LogP contribution in [0.2, 0.25) is 0 Å². The van der Waals surface area contributed by atoms with Gasteiger partial charge >= 0.3 is 12.1 Å². The molecular formula is C21H26F3N3O3S. The van der Waals surface area contributed by atoms with Crippen molar-refractivity contribution in [3.63, 3.8) is 0 Å². The van der Waals surface area contributed by atoms with Crippen LogP contribution in [0.4, 0.5) is 13.2 Å². The zero-order valence-electron chi connectivity index (χ0n) is 17.3. The van der Waals surface area contributed by atoms with E-state index in [4.69, 9.17) is 14.6 Å². The number of thiazole rings is 1. The summed E-state index contributed by atoms with van der Waals surface area (Å²) < 4.78 is 37.9. The van der Waals surface area contributed by atoms with Gasteiger partial charge in [0, 0.05) is 36.6 Å². The first-order chi connectivity index (χ1) is 14.7. The molecule has 2 fully saturated rings. The summed E-state index contributed by atoms with van der Waals surface area (Å²) in [7, 11) is 0. The van der Waals surface area contributed by atoms with Gasteiger partial charge in [0.05, 0.1) is 29.6 Å². The third-order valence-electron chi connectivity index (χ3n) is 5.77. The summed E-state index contributed by atoms with van der Waals surface area (Å²) >= 11 is 1.70. The number of fused-ring (bicyclic) bond motifs is 1. The van der Waals surface area contributed by atoms with Crippen LogP contribution in [0, 0.1) is 18.3 Å². The number of carboxylic acid groups (broad SMARTS) is 1. The topological polar surface area (TPSA) is 75.5 Å². The zero-order chi connectivity index (χ0) is 22.5. The van der Waals surface area contributed by atoms with E-state index < -0.39 is 12.1 Å². The van der Waals surface area contributed by atoms with Crippen LogP contribution in [0.25, 0.3) is 0 Å². The standard InChI is InChI=1S/C19H25N3OS.C2HF3O2/c1-15-21-18(12-24-15)11-23-14-19-7-4-5-16(19)9-22(13-19)10-17-6-2-3-8-20-17;3-2(4,5)1(6)7/h2-3,6,8,12,16H,4-5,7,9-11,13-14H2,1H3;(H,6,7)/t16-,19+;/m1./s1. The third kappa shape index (κ3) is 6.47. The highest BCUT2D eigenvalue weighted by molar-refractivity contribution is 7.09. The summed E-state index contributed by atoms with van der Waals surface area (Å²) in [5.74, 6) is -1.98. The summed E-state index contributed by atoms with van der Waals surface area (Å²) in [5, 5.41) is 10.4. The molecule has 0 unspecified atom stereocenters. The highest BCUT2D eigenvalue weighted by Crippen LogP contribution is 2.49. The van der Waals surface area contributed by atoms with Crippen LogP contribution in [0.5, 0.6) is 0 Å². The average molecular weight is 458 g/mol. The molecule has 10 heteroatoms. The second-order valence-corrected chi connectivity index (χ2v) is 9.16. The molecule has 2 aliphatic rings. The number of halogens is 3. The zero-order valence-corrected chi connectivity index (χ0v) is 18.1. The number of aryl methyl sites for hydroxylation is 1. The molecule has 0 spiro atoms. The largest absolute Gasteiger partial charge is 0.490 e. The Morgan fingerprint density at radius 3 is 2.77 bits per heavy atom. The van der Waals surface area contributed by atoms with Gasteiger partial charge in [-0.05, 0) is 37.8 Å². The van der Waals surface area contributed by atoms with Crippen molar-refractivity contribution in [3.05, 3.63) is 46.2 Å². The van der Waals surface area contributed by atoms with E-state index in [0.29, 0.717) is 12.0 Å². The number of pyridine rings is 1. The molecule has 0 amide bonds. The summed E-state index contributed by atoms with van der Waals surface area (Å²) in [6.45, 7) is 6.86. The number of aromatic nitrogens is 2. The molecule has 170 valence electrons. The molecule has 1 saturated carbocycles. The van der Waals surface area contributed by atoms with E-state index in [1.54, 1.807) is 11.3 Å². The molecule has 6 nitrogen and oxygen atoms in total. The highest BCUT2D eigenvalue weighted by Gasteiger charge is 2.49. The van der Waals surface area contributed by atoms with Gasteiger partial charge in [0.15, 0.2) is 0 Å². The number of carbonyl (C=O) groups is 1. The van der Waals surface area contributed by atoms with Crippen LogP contribution < -0.4 is 0 Å². The Morgan fingerprint density at radius 1 is 1.39 bits per heavy atom. The Balaban J connectivity index is 0.000000339. The minimum atomic E-state index is -5.08. The lowest BCUT2D eigenvalue weighted by molar-refractivity contribution is -0.192. The average Bonchev–Trinajstić information content (AvgIpc) is 3.36. The fourth-order valence-corrected chi connectivity index (χ4v) is 5.03. The first-order valence-electron chi connectivity index (χ1n) is 10.1. The van der Waals surface area contributed by atoms with Crippen LogP contribution in [-0.4, -0.2) is 51.8 Å². The van der Waals surface area contributed by atoms with E-state index in [-0.39, 0.29) is 0 Å². The number of hydrogen-bond acceptors (Lipinski definition) is 6. The maximum absolute atomic E-state index is 10.6. The lowest BCUT2D eigenvalue weighted by Gasteiger charge is -2.28. The Bertz CT molecular complexity index is 862. The predicted octanol–water partition coefficient (Wildman–Crippen LogP) is 4.30. The van der Waals surface area contributed by atoms with E-state index in [0.717, 1.165) is 36.3 Å².